The second kappa shape index (κ2) is 8.60. The van der Waals surface area contributed by atoms with Gasteiger partial charge in [0.1, 0.15) is 11.1 Å². The molecule has 0 aromatic heterocycles. The number of nitrogens with one attached hydrogen (secondary N) is 2. The van der Waals surface area contributed by atoms with Crippen molar-refractivity contribution in [1.29, 1.82) is 0 Å². The van der Waals surface area contributed by atoms with E-state index < -0.39 is 11.0 Å². The number of rotatable bonds is 7. The fourth-order valence-electron chi connectivity index (χ4n) is 2.32. The second-order valence-corrected chi connectivity index (χ2v) is 6.14. The number of hydrogen-bond donors (Lipinski definition) is 2. The third kappa shape index (κ3) is 5.01. The van der Waals surface area contributed by atoms with Crippen molar-refractivity contribution in [1.82, 2.24) is 5.32 Å². The molecule has 0 radical (unpaired) electrons. The Morgan fingerprint density at radius 2 is 1.92 bits per heavy atom. The summed E-state index contributed by atoms with van der Waals surface area (Å²) in [6, 6.07) is 13.1. The van der Waals surface area contributed by atoms with E-state index in [0.717, 1.165) is 12.0 Å². The topological polar surface area (TPSA) is 84.3 Å². The number of carbonyl (C=O) groups is 1. The van der Waals surface area contributed by atoms with E-state index in [-0.39, 0.29) is 22.7 Å². The highest BCUT2D eigenvalue weighted by Gasteiger charge is 2.23. The molecule has 2 aromatic carbocycles. The first-order valence-electron chi connectivity index (χ1n) is 7.98. The predicted molar refractivity (Wildman–Crippen MR) is 98.8 cm³/mol. The summed E-state index contributed by atoms with van der Waals surface area (Å²) < 4.78 is 0. The standard InChI is InChI=1S/C18H20ClN3O3/c1-3-12(2)20-17(13-7-5-4-6-8-13)18(23)21-14-9-10-15(19)16(11-14)22(24)25/h4-12,17,20H,3H2,1-2H3,(H,21,23)/t12-,17-/m1/s1. The number of anilines is 1. The Bertz CT molecular complexity index is 752. The van der Waals surface area contributed by atoms with Crippen LogP contribution in [-0.4, -0.2) is 16.9 Å². The van der Waals surface area contributed by atoms with Crippen molar-refractivity contribution in [2.24, 2.45) is 0 Å². The molecule has 0 bridgehead atoms. The van der Waals surface area contributed by atoms with Crippen LogP contribution in [0.25, 0.3) is 0 Å². The summed E-state index contributed by atoms with van der Waals surface area (Å²) in [5.74, 6) is -0.289. The summed E-state index contributed by atoms with van der Waals surface area (Å²) in [7, 11) is 0. The smallest absolute Gasteiger partial charge is 0.289 e. The first-order valence-corrected chi connectivity index (χ1v) is 8.36. The molecule has 0 aliphatic rings. The Hall–Kier alpha value is -2.44. The van der Waals surface area contributed by atoms with Gasteiger partial charge in [-0.1, -0.05) is 48.9 Å². The van der Waals surface area contributed by atoms with Crippen LogP contribution in [0.1, 0.15) is 31.9 Å². The quantitative estimate of drug-likeness (QED) is 0.568. The number of nitro benzene ring substituents is 1. The number of nitrogens with zero attached hydrogens (tertiary/aromatic N) is 1. The molecule has 0 saturated carbocycles. The van der Waals surface area contributed by atoms with Gasteiger partial charge < -0.3 is 5.32 Å². The molecule has 2 rings (SSSR count). The van der Waals surface area contributed by atoms with Gasteiger partial charge in [-0.05, 0) is 31.0 Å². The lowest BCUT2D eigenvalue weighted by Gasteiger charge is -2.22. The molecule has 2 atom stereocenters. The van der Waals surface area contributed by atoms with Gasteiger partial charge in [0.25, 0.3) is 5.69 Å². The molecular formula is C18H20ClN3O3. The van der Waals surface area contributed by atoms with E-state index in [2.05, 4.69) is 10.6 Å². The Morgan fingerprint density at radius 1 is 1.24 bits per heavy atom. The maximum absolute atomic E-state index is 12.8. The van der Waals surface area contributed by atoms with E-state index in [1.54, 1.807) is 6.07 Å². The minimum atomic E-state index is -0.579. The summed E-state index contributed by atoms with van der Waals surface area (Å²) in [5.41, 5.74) is 0.905. The van der Waals surface area contributed by atoms with Crippen LogP contribution in [-0.2, 0) is 4.79 Å². The molecular weight excluding hydrogens is 342 g/mol. The lowest BCUT2D eigenvalue weighted by atomic mass is 10.0. The van der Waals surface area contributed by atoms with Crippen LogP contribution in [0.4, 0.5) is 11.4 Å². The minimum absolute atomic E-state index is 0.0281. The molecule has 2 aromatic rings. The van der Waals surface area contributed by atoms with Gasteiger partial charge in [-0.25, -0.2) is 0 Å². The number of halogens is 1. The molecule has 25 heavy (non-hydrogen) atoms. The van der Waals surface area contributed by atoms with Crippen LogP contribution in [0.5, 0.6) is 0 Å². The van der Waals surface area contributed by atoms with Gasteiger partial charge in [-0.15, -0.1) is 0 Å². The first kappa shape index (κ1) is 18.9. The van der Waals surface area contributed by atoms with Crippen LogP contribution in [0.15, 0.2) is 48.5 Å². The molecule has 0 aliphatic carbocycles. The van der Waals surface area contributed by atoms with Gasteiger partial charge in [-0.3, -0.25) is 20.2 Å². The second-order valence-electron chi connectivity index (χ2n) is 5.73. The molecule has 0 unspecified atom stereocenters. The van der Waals surface area contributed by atoms with Crippen molar-refractivity contribution < 1.29 is 9.72 Å². The van der Waals surface area contributed by atoms with Crippen molar-refractivity contribution in [2.45, 2.75) is 32.4 Å². The Labute approximate surface area is 151 Å². The number of nitro groups is 1. The summed E-state index contributed by atoms with van der Waals surface area (Å²) >= 11 is 5.81. The summed E-state index contributed by atoms with van der Waals surface area (Å²) in [6.45, 7) is 4.02. The fraction of sp³-hybridized carbons (Fsp3) is 0.278. The molecule has 0 saturated heterocycles. The number of benzene rings is 2. The molecule has 132 valence electrons. The minimum Gasteiger partial charge on any atom is -0.324 e. The van der Waals surface area contributed by atoms with E-state index in [1.165, 1.54) is 12.1 Å². The van der Waals surface area contributed by atoms with E-state index in [4.69, 9.17) is 11.6 Å². The van der Waals surface area contributed by atoms with Crippen LogP contribution < -0.4 is 10.6 Å². The normalized spacial score (nSPS) is 13.1. The molecule has 6 nitrogen and oxygen atoms in total. The lowest BCUT2D eigenvalue weighted by molar-refractivity contribution is -0.384. The zero-order chi connectivity index (χ0) is 18.4. The van der Waals surface area contributed by atoms with Gasteiger partial charge in [0.2, 0.25) is 5.91 Å². The third-order valence-electron chi connectivity index (χ3n) is 3.87. The molecule has 0 heterocycles. The van der Waals surface area contributed by atoms with Gasteiger partial charge >= 0.3 is 0 Å². The Kier molecular flexibility index (Phi) is 6.50. The van der Waals surface area contributed by atoms with E-state index in [9.17, 15) is 14.9 Å². The van der Waals surface area contributed by atoms with Crippen molar-refractivity contribution in [3.8, 4) is 0 Å². The predicted octanol–water partition coefficient (Wildman–Crippen LogP) is 4.32. The summed E-state index contributed by atoms with van der Waals surface area (Å²) in [4.78, 5) is 23.2. The molecule has 7 heteroatoms. The van der Waals surface area contributed by atoms with Crippen LogP contribution in [0.3, 0.4) is 0 Å². The monoisotopic (exact) mass is 361 g/mol. The highest BCUT2D eigenvalue weighted by molar-refractivity contribution is 6.32. The maximum Gasteiger partial charge on any atom is 0.289 e. The molecule has 1 amide bonds. The van der Waals surface area contributed by atoms with Crippen molar-refractivity contribution in [2.75, 3.05) is 5.32 Å². The van der Waals surface area contributed by atoms with E-state index in [1.807, 2.05) is 44.2 Å². The summed E-state index contributed by atoms with van der Waals surface area (Å²) in [6.07, 6.45) is 0.864. The largest absolute Gasteiger partial charge is 0.324 e. The van der Waals surface area contributed by atoms with E-state index >= 15 is 0 Å². The van der Waals surface area contributed by atoms with Gasteiger partial charge in [0, 0.05) is 17.8 Å². The average molecular weight is 362 g/mol. The van der Waals surface area contributed by atoms with Gasteiger partial charge in [0.05, 0.1) is 4.92 Å². The Balaban J connectivity index is 2.25. The van der Waals surface area contributed by atoms with Crippen molar-refractivity contribution in [3.63, 3.8) is 0 Å². The number of hydrogen-bond acceptors (Lipinski definition) is 4. The molecule has 0 fully saturated rings. The summed E-state index contributed by atoms with van der Waals surface area (Å²) in [5, 5.41) is 17.0. The number of carbonyl (C=O) groups excluding carboxylic acids is 1. The SMILES string of the molecule is CC[C@@H](C)N[C@@H](C(=O)Nc1ccc(Cl)c([N+](=O)[O-])c1)c1ccccc1. The first-order chi connectivity index (χ1) is 11.9. The molecule has 0 spiro atoms. The highest BCUT2D eigenvalue weighted by atomic mass is 35.5. The average Bonchev–Trinajstić information content (AvgIpc) is 2.61. The van der Waals surface area contributed by atoms with Crippen molar-refractivity contribution in [3.05, 3.63) is 69.2 Å². The maximum atomic E-state index is 12.8. The van der Waals surface area contributed by atoms with E-state index in [0.29, 0.717) is 5.69 Å². The van der Waals surface area contributed by atoms with Crippen molar-refractivity contribution >= 4 is 28.9 Å². The fourth-order valence-corrected chi connectivity index (χ4v) is 2.50. The zero-order valence-corrected chi connectivity index (χ0v) is 14.8. The highest BCUT2D eigenvalue weighted by Crippen LogP contribution is 2.28. The van der Waals surface area contributed by atoms with Crippen LogP contribution >= 0.6 is 11.6 Å². The van der Waals surface area contributed by atoms with Crippen LogP contribution in [0.2, 0.25) is 5.02 Å². The third-order valence-corrected chi connectivity index (χ3v) is 4.19. The van der Waals surface area contributed by atoms with Crippen LogP contribution in [0, 0.1) is 10.1 Å². The lowest BCUT2D eigenvalue weighted by Crippen LogP contribution is -2.38. The van der Waals surface area contributed by atoms with Gasteiger partial charge in [-0.2, -0.15) is 0 Å². The molecule has 0 aliphatic heterocycles. The Morgan fingerprint density at radius 3 is 2.52 bits per heavy atom. The van der Waals surface area contributed by atoms with Gasteiger partial charge in [0.15, 0.2) is 0 Å². The molecule has 2 N–H and O–H groups in total. The number of amides is 1. The zero-order valence-electron chi connectivity index (χ0n) is 14.0.